The van der Waals surface area contributed by atoms with Crippen LogP contribution in [-0.2, 0) is 16.3 Å². The number of halogens is 1. The normalized spacial score (nSPS) is 13.0. The van der Waals surface area contributed by atoms with E-state index in [2.05, 4.69) is 15.6 Å². The maximum absolute atomic E-state index is 13.8. The average Bonchev–Trinajstić information content (AvgIpc) is 2.70. The van der Waals surface area contributed by atoms with Crippen molar-refractivity contribution in [1.82, 2.24) is 10.6 Å². The van der Waals surface area contributed by atoms with Crippen LogP contribution in [0.1, 0.15) is 18.9 Å². The highest BCUT2D eigenvalue weighted by molar-refractivity contribution is 7.90. The van der Waals surface area contributed by atoms with Crippen LogP contribution in [0.2, 0.25) is 0 Å². The Morgan fingerprint density at radius 2 is 1.83 bits per heavy atom. The summed E-state index contributed by atoms with van der Waals surface area (Å²) in [6.07, 6.45) is 2.42. The van der Waals surface area contributed by atoms with Gasteiger partial charge in [0, 0.05) is 19.8 Å². The fourth-order valence-corrected chi connectivity index (χ4v) is 3.28. The molecule has 29 heavy (non-hydrogen) atoms. The molecular weight excluding hydrogens is 393 g/mol. The molecule has 0 radical (unpaired) electrons. The van der Waals surface area contributed by atoms with Gasteiger partial charge < -0.3 is 15.4 Å². The van der Waals surface area contributed by atoms with Gasteiger partial charge in [0.2, 0.25) is 0 Å². The molecule has 0 aliphatic carbocycles. The summed E-state index contributed by atoms with van der Waals surface area (Å²) in [5.41, 5.74) is 1.02. The number of para-hydroxylation sites is 1. The summed E-state index contributed by atoms with van der Waals surface area (Å²) in [5.74, 6) is 0.477. The van der Waals surface area contributed by atoms with E-state index in [0.29, 0.717) is 36.8 Å². The van der Waals surface area contributed by atoms with Crippen LogP contribution in [0, 0.1) is 5.82 Å². The molecular formula is C21H28FN3O3S. The molecule has 0 aliphatic rings. The van der Waals surface area contributed by atoms with Crippen molar-refractivity contribution >= 4 is 15.8 Å². The van der Waals surface area contributed by atoms with E-state index in [4.69, 9.17) is 4.74 Å². The summed E-state index contributed by atoms with van der Waals surface area (Å²) in [4.78, 5) is 4.49. The monoisotopic (exact) mass is 421 g/mol. The Morgan fingerprint density at radius 3 is 2.41 bits per heavy atom. The Kier molecular flexibility index (Phi) is 8.45. The van der Waals surface area contributed by atoms with Gasteiger partial charge in [0.25, 0.3) is 0 Å². The minimum atomic E-state index is -3.18. The molecule has 0 aliphatic heterocycles. The molecule has 2 aromatic rings. The van der Waals surface area contributed by atoms with Gasteiger partial charge in [-0.15, -0.1) is 0 Å². The Hall–Kier alpha value is -2.61. The van der Waals surface area contributed by atoms with E-state index in [0.717, 1.165) is 5.56 Å². The highest BCUT2D eigenvalue weighted by Gasteiger charge is 2.12. The quantitative estimate of drug-likeness (QED) is 0.481. The number of sulfone groups is 1. The molecule has 0 bridgehead atoms. The number of hydrogen-bond donors (Lipinski definition) is 2. The van der Waals surface area contributed by atoms with E-state index in [9.17, 15) is 12.8 Å². The second-order valence-electron chi connectivity index (χ2n) is 6.62. The van der Waals surface area contributed by atoms with E-state index in [1.807, 2.05) is 19.1 Å². The van der Waals surface area contributed by atoms with Crippen molar-refractivity contribution in [3.8, 4) is 5.75 Å². The molecule has 2 aromatic carbocycles. The van der Waals surface area contributed by atoms with Crippen LogP contribution in [0.25, 0.3) is 0 Å². The van der Waals surface area contributed by atoms with Crippen molar-refractivity contribution in [1.29, 1.82) is 0 Å². The van der Waals surface area contributed by atoms with Crippen LogP contribution >= 0.6 is 0 Å². The van der Waals surface area contributed by atoms with Gasteiger partial charge in [0.05, 0.1) is 11.4 Å². The molecule has 0 aromatic heterocycles. The molecule has 2 N–H and O–H groups in total. The van der Waals surface area contributed by atoms with Crippen molar-refractivity contribution < 1.29 is 17.5 Å². The first-order valence-corrected chi connectivity index (χ1v) is 11.4. The van der Waals surface area contributed by atoms with Crippen molar-refractivity contribution in [2.45, 2.75) is 30.8 Å². The standard InChI is InChI=1S/C21H28FN3O3S/c1-4-17(28-20-8-6-5-7-19(20)22)15-25-21(23-2)24-14-13-16-9-11-18(12-10-16)29(3,26)27/h5-12,17H,4,13-15H2,1-3H3,(H2,23,24,25). The van der Waals surface area contributed by atoms with Gasteiger partial charge in [-0.05, 0) is 42.7 Å². The van der Waals surface area contributed by atoms with Gasteiger partial charge >= 0.3 is 0 Å². The third-order valence-electron chi connectivity index (χ3n) is 4.36. The number of aliphatic imine (C=N–C) groups is 1. The molecule has 158 valence electrons. The number of ether oxygens (including phenoxy) is 1. The Morgan fingerprint density at radius 1 is 1.14 bits per heavy atom. The first-order valence-electron chi connectivity index (χ1n) is 9.48. The van der Waals surface area contributed by atoms with Crippen LogP contribution in [-0.4, -0.2) is 46.9 Å². The second-order valence-corrected chi connectivity index (χ2v) is 8.64. The summed E-state index contributed by atoms with van der Waals surface area (Å²) < 4.78 is 42.5. The predicted octanol–water partition coefficient (Wildman–Crippen LogP) is 2.79. The fraction of sp³-hybridized carbons (Fsp3) is 0.381. The topological polar surface area (TPSA) is 79.8 Å². The first kappa shape index (κ1) is 22.7. The van der Waals surface area contributed by atoms with Gasteiger partial charge in [-0.3, -0.25) is 4.99 Å². The van der Waals surface area contributed by atoms with Crippen LogP contribution in [0.15, 0.2) is 58.4 Å². The zero-order valence-corrected chi connectivity index (χ0v) is 17.8. The van der Waals surface area contributed by atoms with E-state index >= 15 is 0 Å². The number of guanidine groups is 1. The smallest absolute Gasteiger partial charge is 0.191 e. The maximum atomic E-state index is 13.8. The van der Waals surface area contributed by atoms with Crippen molar-refractivity contribution in [2.24, 2.45) is 4.99 Å². The van der Waals surface area contributed by atoms with E-state index in [1.54, 1.807) is 37.4 Å². The van der Waals surface area contributed by atoms with Crippen LogP contribution in [0.5, 0.6) is 5.75 Å². The highest BCUT2D eigenvalue weighted by Crippen LogP contribution is 2.17. The predicted molar refractivity (Wildman–Crippen MR) is 114 cm³/mol. The van der Waals surface area contributed by atoms with Gasteiger partial charge in [0.15, 0.2) is 27.4 Å². The summed E-state index contributed by atoms with van der Waals surface area (Å²) in [6.45, 7) is 3.08. The van der Waals surface area contributed by atoms with Crippen molar-refractivity contribution in [2.75, 3.05) is 26.4 Å². The molecule has 8 heteroatoms. The van der Waals surface area contributed by atoms with Crippen LogP contribution in [0.4, 0.5) is 4.39 Å². The minimum Gasteiger partial charge on any atom is -0.486 e. The molecule has 1 unspecified atom stereocenters. The van der Waals surface area contributed by atoms with Crippen molar-refractivity contribution in [3.05, 3.63) is 59.9 Å². The third kappa shape index (κ3) is 7.38. The van der Waals surface area contributed by atoms with E-state index < -0.39 is 9.84 Å². The zero-order valence-electron chi connectivity index (χ0n) is 17.0. The van der Waals surface area contributed by atoms with Crippen LogP contribution < -0.4 is 15.4 Å². The SMILES string of the molecule is CCC(CNC(=NC)NCCc1ccc(S(C)(=O)=O)cc1)Oc1ccccc1F. The lowest BCUT2D eigenvalue weighted by Crippen LogP contribution is -2.43. The molecule has 0 amide bonds. The molecule has 2 rings (SSSR count). The van der Waals surface area contributed by atoms with Gasteiger partial charge in [0.1, 0.15) is 6.10 Å². The molecule has 0 fully saturated rings. The lowest BCUT2D eigenvalue weighted by Gasteiger charge is -2.20. The van der Waals surface area contributed by atoms with Gasteiger partial charge in [-0.2, -0.15) is 0 Å². The Labute approximate surface area is 172 Å². The highest BCUT2D eigenvalue weighted by atomic mass is 32.2. The summed E-state index contributed by atoms with van der Waals surface area (Å²) in [6, 6.07) is 13.2. The first-order chi connectivity index (χ1) is 13.8. The largest absolute Gasteiger partial charge is 0.486 e. The van der Waals surface area contributed by atoms with Crippen molar-refractivity contribution in [3.63, 3.8) is 0 Å². The number of nitrogens with one attached hydrogen (secondary N) is 2. The minimum absolute atomic E-state index is 0.200. The fourth-order valence-electron chi connectivity index (χ4n) is 2.65. The number of nitrogens with zero attached hydrogens (tertiary/aromatic N) is 1. The molecule has 0 spiro atoms. The third-order valence-corrected chi connectivity index (χ3v) is 5.49. The maximum Gasteiger partial charge on any atom is 0.191 e. The van der Waals surface area contributed by atoms with Gasteiger partial charge in [-0.25, -0.2) is 12.8 Å². The zero-order chi connectivity index (χ0) is 21.3. The molecule has 1 atom stereocenters. The van der Waals surface area contributed by atoms with Gasteiger partial charge in [-0.1, -0.05) is 31.2 Å². The average molecular weight is 422 g/mol. The van der Waals surface area contributed by atoms with Crippen LogP contribution in [0.3, 0.4) is 0 Å². The molecule has 6 nitrogen and oxygen atoms in total. The molecule has 0 heterocycles. The number of benzene rings is 2. The molecule has 0 saturated carbocycles. The molecule has 0 saturated heterocycles. The Balaban J connectivity index is 1.80. The lowest BCUT2D eigenvalue weighted by atomic mass is 10.1. The van der Waals surface area contributed by atoms with E-state index in [1.165, 1.54) is 12.3 Å². The number of rotatable bonds is 9. The summed E-state index contributed by atoms with van der Waals surface area (Å²) in [5, 5.41) is 6.40. The Bertz CT molecular complexity index is 915. The number of hydrogen-bond acceptors (Lipinski definition) is 4. The lowest BCUT2D eigenvalue weighted by molar-refractivity contribution is 0.191. The summed E-state index contributed by atoms with van der Waals surface area (Å²) >= 11 is 0. The summed E-state index contributed by atoms with van der Waals surface area (Å²) in [7, 11) is -1.51. The second kappa shape index (κ2) is 10.8. The van der Waals surface area contributed by atoms with E-state index in [-0.39, 0.29) is 17.7 Å².